The van der Waals surface area contributed by atoms with Gasteiger partial charge >= 0.3 is 6.18 Å². The maximum absolute atomic E-state index is 12.7. The highest BCUT2D eigenvalue weighted by atomic mass is 35.5. The minimum absolute atomic E-state index is 0.0181. The van der Waals surface area contributed by atoms with Crippen molar-refractivity contribution >= 4 is 23.4 Å². The molecular formula is C19H20ClF3N4O4. The van der Waals surface area contributed by atoms with Crippen molar-refractivity contribution in [1.82, 2.24) is 14.7 Å². The van der Waals surface area contributed by atoms with Crippen molar-refractivity contribution in [3.63, 3.8) is 0 Å². The molecule has 1 aliphatic rings. The first-order valence-electron chi connectivity index (χ1n) is 9.24. The Morgan fingerprint density at radius 3 is 2.61 bits per heavy atom. The van der Waals surface area contributed by atoms with Crippen molar-refractivity contribution in [2.75, 3.05) is 26.3 Å². The standard InChI is InChI=1S/C19H20ClF3N4O4/c20-14-1-3-15(4-2-14)30-12-18(7-16(24)28)11-26(5-6-31-18)17(29)10-27-9-13(8-25-27)19(21,22)23/h1-4,8-9H,5-7,10-12H2,(H2,24,28)/t18-/m0/s1. The number of nitrogens with two attached hydrogens (primary N) is 1. The van der Waals surface area contributed by atoms with Crippen LogP contribution in [0.25, 0.3) is 0 Å². The average molecular weight is 461 g/mol. The SMILES string of the molecule is NC(=O)C[C@@]1(COc2ccc(Cl)cc2)CN(C(=O)Cn2cc(C(F)(F)F)cn2)CCO1. The zero-order valence-corrected chi connectivity index (χ0v) is 17.0. The van der Waals surface area contributed by atoms with E-state index in [1.54, 1.807) is 24.3 Å². The van der Waals surface area contributed by atoms with Gasteiger partial charge in [-0.25, -0.2) is 0 Å². The summed E-state index contributed by atoms with van der Waals surface area (Å²) in [5.74, 6) is -0.632. The van der Waals surface area contributed by atoms with Crippen LogP contribution in [-0.4, -0.2) is 58.4 Å². The summed E-state index contributed by atoms with van der Waals surface area (Å²) in [5, 5.41) is 4.12. The fourth-order valence-corrected chi connectivity index (χ4v) is 3.33. The first-order chi connectivity index (χ1) is 14.6. The molecule has 2 heterocycles. The van der Waals surface area contributed by atoms with Crippen LogP contribution in [0, 0.1) is 0 Å². The van der Waals surface area contributed by atoms with Gasteiger partial charge < -0.3 is 20.1 Å². The lowest BCUT2D eigenvalue weighted by molar-refractivity contribution is -0.162. The van der Waals surface area contributed by atoms with Crippen molar-refractivity contribution < 1.29 is 32.2 Å². The maximum atomic E-state index is 12.7. The summed E-state index contributed by atoms with van der Waals surface area (Å²) < 4.78 is 50.6. The van der Waals surface area contributed by atoms with Gasteiger partial charge in [0.1, 0.15) is 24.5 Å². The molecule has 1 aliphatic heterocycles. The number of morpholine rings is 1. The largest absolute Gasteiger partial charge is 0.490 e. The zero-order valence-electron chi connectivity index (χ0n) is 16.3. The molecule has 168 valence electrons. The second-order valence-electron chi connectivity index (χ2n) is 7.16. The Kier molecular flexibility index (Phi) is 6.75. The van der Waals surface area contributed by atoms with Gasteiger partial charge in [-0.3, -0.25) is 14.3 Å². The molecular weight excluding hydrogens is 441 g/mol. The third-order valence-corrected chi connectivity index (χ3v) is 4.92. The second-order valence-corrected chi connectivity index (χ2v) is 7.59. The van der Waals surface area contributed by atoms with Crippen molar-refractivity contribution in [1.29, 1.82) is 0 Å². The van der Waals surface area contributed by atoms with Crippen LogP contribution in [0.3, 0.4) is 0 Å². The lowest BCUT2D eigenvalue weighted by Gasteiger charge is -2.42. The average Bonchev–Trinajstić information content (AvgIpc) is 3.16. The molecule has 0 saturated carbocycles. The Morgan fingerprint density at radius 2 is 2.00 bits per heavy atom. The Balaban J connectivity index is 1.68. The van der Waals surface area contributed by atoms with E-state index in [1.807, 2.05) is 0 Å². The molecule has 0 spiro atoms. The Labute approximate surface area is 180 Å². The summed E-state index contributed by atoms with van der Waals surface area (Å²) in [6.45, 7) is -0.165. The van der Waals surface area contributed by atoms with E-state index in [0.717, 1.165) is 10.9 Å². The van der Waals surface area contributed by atoms with E-state index < -0.39 is 29.2 Å². The molecule has 1 atom stereocenters. The van der Waals surface area contributed by atoms with Crippen LogP contribution >= 0.6 is 11.6 Å². The van der Waals surface area contributed by atoms with Crippen molar-refractivity contribution in [2.24, 2.45) is 5.73 Å². The van der Waals surface area contributed by atoms with E-state index in [-0.39, 0.29) is 39.3 Å². The van der Waals surface area contributed by atoms with Gasteiger partial charge in [-0.1, -0.05) is 11.6 Å². The number of hydrogen-bond donors (Lipinski definition) is 1. The summed E-state index contributed by atoms with van der Waals surface area (Å²) >= 11 is 5.85. The number of aromatic nitrogens is 2. The third kappa shape index (κ3) is 6.11. The van der Waals surface area contributed by atoms with Crippen LogP contribution in [0.1, 0.15) is 12.0 Å². The van der Waals surface area contributed by atoms with E-state index in [0.29, 0.717) is 17.0 Å². The molecule has 1 fully saturated rings. The number of nitrogens with zero attached hydrogens (tertiary/aromatic N) is 3. The summed E-state index contributed by atoms with van der Waals surface area (Å²) in [4.78, 5) is 25.7. The molecule has 8 nitrogen and oxygen atoms in total. The number of halogens is 4. The number of ether oxygens (including phenoxy) is 2. The van der Waals surface area contributed by atoms with Crippen molar-refractivity contribution in [2.45, 2.75) is 24.7 Å². The topological polar surface area (TPSA) is 99.7 Å². The highest BCUT2D eigenvalue weighted by Crippen LogP contribution is 2.29. The fourth-order valence-electron chi connectivity index (χ4n) is 3.20. The summed E-state index contributed by atoms with van der Waals surface area (Å²) in [6, 6.07) is 6.55. The van der Waals surface area contributed by atoms with E-state index >= 15 is 0 Å². The van der Waals surface area contributed by atoms with Gasteiger partial charge in [0.05, 0.1) is 31.3 Å². The second kappa shape index (κ2) is 9.15. The quantitative estimate of drug-likeness (QED) is 0.682. The van der Waals surface area contributed by atoms with Crippen LogP contribution in [0.5, 0.6) is 5.75 Å². The predicted molar refractivity (Wildman–Crippen MR) is 103 cm³/mol. The summed E-state index contributed by atoms with van der Waals surface area (Å²) in [7, 11) is 0. The predicted octanol–water partition coefficient (Wildman–Crippen LogP) is 2.11. The van der Waals surface area contributed by atoms with E-state index in [1.165, 1.54) is 4.90 Å². The van der Waals surface area contributed by atoms with Crippen LogP contribution in [-0.2, 0) is 27.0 Å². The van der Waals surface area contributed by atoms with E-state index in [4.69, 9.17) is 26.8 Å². The molecule has 0 radical (unpaired) electrons. The molecule has 0 aliphatic carbocycles. The Bertz CT molecular complexity index is 935. The molecule has 1 aromatic carbocycles. The molecule has 0 unspecified atom stereocenters. The highest BCUT2D eigenvalue weighted by Gasteiger charge is 2.41. The Hall–Kier alpha value is -2.79. The van der Waals surface area contributed by atoms with Gasteiger partial charge in [-0.15, -0.1) is 0 Å². The molecule has 2 N–H and O–H groups in total. The number of rotatable bonds is 7. The van der Waals surface area contributed by atoms with Gasteiger partial charge in [-0.05, 0) is 24.3 Å². The number of alkyl halides is 3. The van der Waals surface area contributed by atoms with Gasteiger partial charge in [0.15, 0.2) is 0 Å². The molecule has 12 heteroatoms. The first kappa shape index (κ1) is 22.9. The normalized spacial score (nSPS) is 19.3. The number of amides is 2. The first-order valence-corrected chi connectivity index (χ1v) is 9.62. The molecule has 3 rings (SSSR count). The number of primary amides is 1. The number of carbonyl (C=O) groups excluding carboxylic acids is 2. The smallest absolute Gasteiger partial charge is 0.419 e. The molecule has 31 heavy (non-hydrogen) atoms. The fraction of sp³-hybridized carbons (Fsp3) is 0.421. The van der Waals surface area contributed by atoms with Crippen LogP contribution in [0.2, 0.25) is 5.02 Å². The van der Waals surface area contributed by atoms with E-state index in [9.17, 15) is 22.8 Å². The molecule has 1 aromatic heterocycles. The summed E-state index contributed by atoms with van der Waals surface area (Å²) in [6.07, 6.45) is -3.33. The molecule has 2 aromatic rings. The summed E-state index contributed by atoms with van der Waals surface area (Å²) in [5.41, 5.74) is 3.23. The monoisotopic (exact) mass is 460 g/mol. The maximum Gasteiger partial charge on any atom is 0.419 e. The van der Waals surface area contributed by atoms with Gasteiger partial charge in [-0.2, -0.15) is 18.3 Å². The van der Waals surface area contributed by atoms with Gasteiger partial charge in [0.2, 0.25) is 11.8 Å². The van der Waals surface area contributed by atoms with Crippen LogP contribution in [0.4, 0.5) is 13.2 Å². The molecule has 2 amide bonds. The van der Waals surface area contributed by atoms with Crippen molar-refractivity contribution in [3.8, 4) is 5.75 Å². The Morgan fingerprint density at radius 1 is 1.29 bits per heavy atom. The lowest BCUT2D eigenvalue weighted by Crippen LogP contribution is -2.58. The van der Waals surface area contributed by atoms with Gasteiger partial charge in [0, 0.05) is 17.8 Å². The highest BCUT2D eigenvalue weighted by molar-refractivity contribution is 6.30. The van der Waals surface area contributed by atoms with Gasteiger partial charge in [0.25, 0.3) is 0 Å². The minimum atomic E-state index is -4.55. The number of hydrogen-bond acceptors (Lipinski definition) is 5. The molecule has 0 bridgehead atoms. The number of benzene rings is 1. The zero-order chi connectivity index (χ0) is 22.6. The third-order valence-electron chi connectivity index (χ3n) is 4.67. The van der Waals surface area contributed by atoms with E-state index in [2.05, 4.69) is 5.10 Å². The molecule has 1 saturated heterocycles. The van der Waals surface area contributed by atoms with Crippen LogP contribution in [0.15, 0.2) is 36.7 Å². The van der Waals surface area contributed by atoms with Crippen molar-refractivity contribution in [3.05, 3.63) is 47.2 Å². The number of carbonyl (C=O) groups is 2. The van der Waals surface area contributed by atoms with Crippen LogP contribution < -0.4 is 10.5 Å². The lowest BCUT2D eigenvalue weighted by atomic mass is 9.97. The minimum Gasteiger partial charge on any atom is -0.490 e.